The molecule has 2 aromatic heterocycles. The van der Waals surface area contributed by atoms with Crippen LogP contribution in [0.4, 0.5) is 0 Å². The Morgan fingerprint density at radius 2 is 2.35 bits per heavy atom. The number of nitrogens with zero attached hydrogens (tertiary/aromatic N) is 4. The summed E-state index contributed by atoms with van der Waals surface area (Å²) in [7, 11) is 0. The molecule has 0 amide bonds. The van der Waals surface area contributed by atoms with Gasteiger partial charge in [0.1, 0.15) is 5.82 Å². The van der Waals surface area contributed by atoms with Gasteiger partial charge in [0.15, 0.2) is 15.2 Å². The summed E-state index contributed by atoms with van der Waals surface area (Å²) in [5.74, 6) is -0.298. The van der Waals surface area contributed by atoms with Crippen LogP contribution in [0, 0.1) is 0 Å². The molecule has 0 radical (unpaired) electrons. The molecule has 0 aliphatic carbocycles. The lowest BCUT2D eigenvalue weighted by Crippen LogP contribution is -2.01. The van der Waals surface area contributed by atoms with Crippen molar-refractivity contribution in [2.24, 2.45) is 0 Å². The van der Waals surface area contributed by atoms with Gasteiger partial charge in [0.2, 0.25) is 0 Å². The van der Waals surface area contributed by atoms with Crippen LogP contribution < -0.4 is 0 Å². The molecule has 6 nitrogen and oxygen atoms in total. The number of aryl methyl sites for hydroxylation is 1. The molecule has 88 valence electrons. The van der Waals surface area contributed by atoms with Gasteiger partial charge in [0.05, 0.1) is 0 Å². The molecule has 0 saturated carbocycles. The first-order valence-electron chi connectivity index (χ1n) is 4.76. The van der Waals surface area contributed by atoms with Gasteiger partial charge in [-0.25, -0.2) is 19.7 Å². The van der Waals surface area contributed by atoms with Gasteiger partial charge in [-0.1, -0.05) is 6.92 Å². The lowest BCUT2D eigenvalue weighted by Gasteiger charge is -1.96. The molecule has 2 heterocycles. The fourth-order valence-electron chi connectivity index (χ4n) is 1.01. The average molecular weight is 268 g/mol. The highest BCUT2D eigenvalue weighted by molar-refractivity contribution is 8.00. The topological polar surface area (TPSA) is 88.9 Å². The van der Waals surface area contributed by atoms with Gasteiger partial charge >= 0.3 is 5.97 Å². The number of rotatable bonds is 4. The third-order valence-electron chi connectivity index (χ3n) is 1.80. The van der Waals surface area contributed by atoms with Crippen LogP contribution in [-0.2, 0) is 6.42 Å². The van der Waals surface area contributed by atoms with E-state index in [2.05, 4.69) is 19.3 Å². The first-order chi connectivity index (χ1) is 8.19. The van der Waals surface area contributed by atoms with Gasteiger partial charge in [-0.05, 0) is 29.4 Å². The lowest BCUT2D eigenvalue weighted by molar-refractivity contribution is 0.0689. The van der Waals surface area contributed by atoms with E-state index in [0.29, 0.717) is 9.50 Å². The van der Waals surface area contributed by atoms with Gasteiger partial charge in [-0.15, -0.1) is 0 Å². The molecule has 0 spiro atoms. The highest BCUT2D eigenvalue weighted by atomic mass is 32.2. The van der Waals surface area contributed by atoms with E-state index in [4.69, 9.17) is 5.11 Å². The van der Waals surface area contributed by atoms with Gasteiger partial charge in [-0.2, -0.15) is 4.37 Å². The Balaban J connectivity index is 2.18. The van der Waals surface area contributed by atoms with Crippen LogP contribution >= 0.6 is 23.3 Å². The van der Waals surface area contributed by atoms with Crippen LogP contribution in [-0.4, -0.2) is 30.4 Å². The van der Waals surface area contributed by atoms with Gasteiger partial charge in [0, 0.05) is 12.6 Å². The first-order valence-corrected chi connectivity index (χ1v) is 6.35. The SMILES string of the molecule is CCc1nsc(Sc2nccc(C(=O)O)n2)n1. The molecule has 0 aliphatic rings. The zero-order chi connectivity index (χ0) is 12.3. The molecule has 8 heteroatoms. The number of aromatic carboxylic acids is 1. The van der Waals surface area contributed by atoms with Crippen LogP contribution in [0.1, 0.15) is 23.2 Å². The molecule has 0 saturated heterocycles. The predicted molar refractivity (Wildman–Crippen MR) is 62.4 cm³/mol. The normalized spacial score (nSPS) is 10.4. The molecule has 0 atom stereocenters. The number of carbonyl (C=O) groups is 1. The maximum absolute atomic E-state index is 10.7. The first kappa shape index (κ1) is 11.9. The minimum atomic E-state index is -1.07. The van der Waals surface area contributed by atoms with Crippen molar-refractivity contribution in [3.05, 3.63) is 23.8 Å². The maximum atomic E-state index is 10.7. The lowest BCUT2D eigenvalue weighted by atomic mass is 10.4. The van der Waals surface area contributed by atoms with Gasteiger partial charge < -0.3 is 5.11 Å². The van der Waals surface area contributed by atoms with Crippen molar-refractivity contribution in [2.75, 3.05) is 0 Å². The van der Waals surface area contributed by atoms with Crippen LogP contribution in [0.3, 0.4) is 0 Å². The minimum Gasteiger partial charge on any atom is -0.477 e. The maximum Gasteiger partial charge on any atom is 0.354 e. The number of carboxylic acid groups (broad SMARTS) is 1. The third kappa shape index (κ3) is 2.98. The molecule has 0 unspecified atom stereocenters. The van der Waals surface area contributed by atoms with E-state index in [0.717, 1.165) is 12.2 Å². The van der Waals surface area contributed by atoms with Crippen molar-refractivity contribution >= 4 is 29.3 Å². The zero-order valence-corrected chi connectivity index (χ0v) is 10.5. The van der Waals surface area contributed by atoms with Crippen LogP contribution in [0.2, 0.25) is 0 Å². The van der Waals surface area contributed by atoms with E-state index >= 15 is 0 Å². The smallest absolute Gasteiger partial charge is 0.354 e. The summed E-state index contributed by atoms with van der Waals surface area (Å²) in [4.78, 5) is 22.8. The molecule has 0 aliphatic heterocycles. The van der Waals surface area contributed by atoms with Crippen molar-refractivity contribution in [2.45, 2.75) is 22.8 Å². The van der Waals surface area contributed by atoms with Gasteiger partial charge in [-0.3, -0.25) is 0 Å². The summed E-state index contributed by atoms with van der Waals surface area (Å²) in [6.45, 7) is 1.97. The molecule has 2 rings (SSSR count). The molecule has 17 heavy (non-hydrogen) atoms. The Morgan fingerprint density at radius 3 is 3.00 bits per heavy atom. The van der Waals surface area contributed by atoms with Crippen molar-refractivity contribution in [1.82, 2.24) is 19.3 Å². The Morgan fingerprint density at radius 1 is 1.53 bits per heavy atom. The summed E-state index contributed by atoms with van der Waals surface area (Å²) < 4.78 is 4.84. The van der Waals surface area contributed by atoms with Crippen LogP contribution in [0.15, 0.2) is 21.8 Å². The van der Waals surface area contributed by atoms with Crippen molar-refractivity contribution in [1.29, 1.82) is 0 Å². The molecule has 0 aromatic carbocycles. The second kappa shape index (κ2) is 5.19. The fourth-order valence-corrected chi connectivity index (χ4v) is 2.56. The Bertz CT molecular complexity index is 543. The third-order valence-corrected chi connectivity index (χ3v) is 3.47. The highest BCUT2D eigenvalue weighted by Gasteiger charge is 2.10. The standard InChI is InChI=1S/C9H8N4O2S2/c1-2-6-12-9(17-13-6)16-8-10-4-3-5(11-8)7(14)15/h3-4H,2H2,1H3,(H,14,15). The minimum absolute atomic E-state index is 0.0252. The zero-order valence-electron chi connectivity index (χ0n) is 8.82. The highest BCUT2D eigenvalue weighted by Crippen LogP contribution is 2.25. The predicted octanol–water partition coefficient (Wildman–Crippen LogP) is 1.74. The fraction of sp³-hybridized carbons (Fsp3) is 0.222. The largest absolute Gasteiger partial charge is 0.477 e. The second-order valence-electron chi connectivity index (χ2n) is 2.96. The van der Waals surface area contributed by atoms with Crippen molar-refractivity contribution in [3.63, 3.8) is 0 Å². The Labute approximate surface area is 105 Å². The van der Waals surface area contributed by atoms with E-state index in [9.17, 15) is 4.79 Å². The number of carboxylic acids is 1. The number of hydrogen-bond acceptors (Lipinski definition) is 7. The monoisotopic (exact) mass is 268 g/mol. The van der Waals surface area contributed by atoms with E-state index in [1.807, 2.05) is 6.92 Å². The summed E-state index contributed by atoms with van der Waals surface area (Å²) in [5.41, 5.74) is -0.0252. The van der Waals surface area contributed by atoms with E-state index in [-0.39, 0.29) is 5.69 Å². The number of aromatic nitrogens is 4. The molecule has 1 N–H and O–H groups in total. The van der Waals surface area contributed by atoms with E-state index in [1.165, 1.54) is 35.6 Å². The van der Waals surface area contributed by atoms with Crippen molar-refractivity contribution < 1.29 is 9.90 Å². The summed E-state index contributed by atoms with van der Waals surface area (Å²) in [6, 6.07) is 1.35. The summed E-state index contributed by atoms with van der Waals surface area (Å²) in [5, 5.41) is 9.16. The van der Waals surface area contributed by atoms with Crippen molar-refractivity contribution in [3.8, 4) is 0 Å². The molecular weight excluding hydrogens is 260 g/mol. The van der Waals surface area contributed by atoms with E-state index < -0.39 is 5.97 Å². The molecular formula is C9H8N4O2S2. The Kier molecular flexibility index (Phi) is 3.64. The molecule has 0 fully saturated rings. The van der Waals surface area contributed by atoms with Crippen LogP contribution in [0.5, 0.6) is 0 Å². The van der Waals surface area contributed by atoms with E-state index in [1.54, 1.807) is 0 Å². The Hall–Kier alpha value is -1.54. The molecule has 2 aromatic rings. The summed E-state index contributed by atoms with van der Waals surface area (Å²) in [6.07, 6.45) is 2.19. The van der Waals surface area contributed by atoms with Gasteiger partial charge in [0.25, 0.3) is 0 Å². The molecule has 0 bridgehead atoms. The summed E-state index contributed by atoms with van der Waals surface area (Å²) >= 11 is 2.47. The second-order valence-corrected chi connectivity index (χ2v) is 4.93. The number of hydrogen-bond donors (Lipinski definition) is 1. The average Bonchev–Trinajstić information content (AvgIpc) is 2.77. The van der Waals surface area contributed by atoms with Crippen LogP contribution in [0.25, 0.3) is 0 Å². The quantitative estimate of drug-likeness (QED) is 0.845.